The Hall–Kier alpha value is -0.350. The van der Waals surface area contributed by atoms with Crippen molar-refractivity contribution < 1.29 is 0 Å². The summed E-state index contributed by atoms with van der Waals surface area (Å²) in [7, 11) is 0. The average Bonchev–Trinajstić information content (AvgIpc) is 2.71. The van der Waals surface area contributed by atoms with Crippen molar-refractivity contribution in [1.82, 2.24) is 15.1 Å². The summed E-state index contributed by atoms with van der Waals surface area (Å²) in [6, 6.07) is 0.564. The molecule has 3 nitrogen and oxygen atoms in total. The number of hydrogen-bond acceptors (Lipinski definition) is 2. The quantitative estimate of drug-likeness (QED) is 0.635. The van der Waals surface area contributed by atoms with E-state index in [2.05, 4.69) is 58.7 Å². The Morgan fingerprint density at radius 3 is 2.55 bits per heavy atom. The fourth-order valence-electron chi connectivity index (χ4n) is 2.68. The predicted octanol–water partition coefficient (Wildman–Crippen LogP) is 4.46. The highest BCUT2D eigenvalue weighted by molar-refractivity contribution is 9.10. The van der Waals surface area contributed by atoms with Crippen LogP contribution in [0, 0.1) is 6.92 Å². The molecule has 0 aliphatic carbocycles. The second-order valence-corrected chi connectivity index (χ2v) is 6.26. The summed E-state index contributed by atoms with van der Waals surface area (Å²) in [5.74, 6) is 0. The van der Waals surface area contributed by atoms with Crippen LogP contribution in [0.3, 0.4) is 0 Å². The van der Waals surface area contributed by atoms with Crippen LogP contribution in [0.5, 0.6) is 0 Å². The third-order valence-electron chi connectivity index (χ3n) is 3.79. The molecule has 1 unspecified atom stereocenters. The molecule has 0 fully saturated rings. The first-order chi connectivity index (χ1) is 9.63. The molecule has 0 saturated heterocycles. The van der Waals surface area contributed by atoms with Crippen LogP contribution >= 0.6 is 15.9 Å². The molecule has 0 spiro atoms. The molecule has 1 atom stereocenters. The lowest BCUT2D eigenvalue weighted by atomic mass is 10.0. The van der Waals surface area contributed by atoms with Crippen molar-refractivity contribution >= 4 is 15.9 Å². The minimum absolute atomic E-state index is 0.564. The Morgan fingerprint density at radius 1 is 1.20 bits per heavy atom. The van der Waals surface area contributed by atoms with Gasteiger partial charge in [-0.3, -0.25) is 4.68 Å². The highest BCUT2D eigenvalue weighted by Crippen LogP contribution is 2.23. The Labute approximate surface area is 132 Å². The van der Waals surface area contributed by atoms with Crippen molar-refractivity contribution in [2.45, 2.75) is 78.8 Å². The van der Waals surface area contributed by atoms with Crippen LogP contribution in [0.4, 0.5) is 0 Å². The van der Waals surface area contributed by atoms with Gasteiger partial charge < -0.3 is 5.32 Å². The van der Waals surface area contributed by atoms with E-state index in [1.807, 2.05) is 0 Å². The second-order valence-electron chi connectivity index (χ2n) is 5.47. The smallest absolute Gasteiger partial charge is 0.0738 e. The van der Waals surface area contributed by atoms with E-state index in [-0.39, 0.29) is 0 Å². The lowest BCUT2D eigenvalue weighted by molar-refractivity contribution is 0.448. The van der Waals surface area contributed by atoms with Gasteiger partial charge in [0.15, 0.2) is 0 Å². The summed E-state index contributed by atoms with van der Waals surface area (Å²) in [5, 5.41) is 8.23. The molecule has 0 saturated carbocycles. The Bertz CT molecular complexity index is 387. The van der Waals surface area contributed by atoms with E-state index in [0.717, 1.165) is 25.2 Å². The van der Waals surface area contributed by atoms with Crippen molar-refractivity contribution in [3.05, 3.63) is 15.9 Å². The molecule has 0 aromatic carbocycles. The maximum Gasteiger partial charge on any atom is 0.0738 e. The third-order valence-corrected chi connectivity index (χ3v) is 4.82. The Balaban J connectivity index is 2.64. The number of nitrogens with zero attached hydrogens (tertiary/aromatic N) is 2. The molecule has 1 N–H and O–H groups in total. The maximum absolute atomic E-state index is 4.59. The number of unbranched alkanes of at least 4 members (excludes halogenated alkanes) is 3. The summed E-state index contributed by atoms with van der Waals surface area (Å²) in [6.07, 6.45) is 7.66. The molecular weight excluding hydrogens is 314 g/mol. The molecule has 0 bridgehead atoms. The van der Waals surface area contributed by atoms with Gasteiger partial charge in [-0.15, -0.1) is 0 Å². The number of likely N-dealkylation sites (N-methyl/N-ethyl adjacent to an activating group) is 1. The van der Waals surface area contributed by atoms with Crippen molar-refractivity contribution in [3.8, 4) is 0 Å². The third kappa shape index (κ3) is 5.21. The second kappa shape index (κ2) is 9.56. The fourth-order valence-corrected chi connectivity index (χ4v) is 3.13. The van der Waals surface area contributed by atoms with Crippen molar-refractivity contribution in [3.63, 3.8) is 0 Å². The molecule has 1 rings (SSSR count). The molecule has 1 aromatic rings. The highest BCUT2D eigenvalue weighted by Gasteiger charge is 2.16. The predicted molar refractivity (Wildman–Crippen MR) is 90.3 cm³/mol. The molecular formula is C16H30BrN3. The lowest BCUT2D eigenvalue weighted by Gasteiger charge is -2.18. The minimum Gasteiger partial charge on any atom is -0.314 e. The number of aromatic nitrogens is 2. The SMILES string of the molecule is CCCCCCC(Cc1c(Br)c(C)nn1CC)NCC. The van der Waals surface area contributed by atoms with Gasteiger partial charge in [-0.05, 0) is 42.7 Å². The van der Waals surface area contributed by atoms with Gasteiger partial charge in [0.25, 0.3) is 0 Å². The molecule has 0 amide bonds. The molecule has 1 aromatic heterocycles. The summed E-state index contributed by atoms with van der Waals surface area (Å²) < 4.78 is 3.33. The van der Waals surface area contributed by atoms with E-state index in [1.54, 1.807) is 0 Å². The lowest BCUT2D eigenvalue weighted by Crippen LogP contribution is -2.32. The first-order valence-corrected chi connectivity index (χ1v) is 8.88. The van der Waals surface area contributed by atoms with Crippen LogP contribution in [-0.4, -0.2) is 22.4 Å². The molecule has 1 heterocycles. The number of halogens is 1. The van der Waals surface area contributed by atoms with Crippen LogP contribution in [0.25, 0.3) is 0 Å². The van der Waals surface area contributed by atoms with Gasteiger partial charge in [-0.1, -0.05) is 39.5 Å². The summed E-state index contributed by atoms with van der Waals surface area (Å²) in [5.41, 5.74) is 2.44. The zero-order valence-electron chi connectivity index (χ0n) is 13.5. The van der Waals surface area contributed by atoms with Gasteiger partial charge in [-0.2, -0.15) is 5.10 Å². The monoisotopic (exact) mass is 343 g/mol. The minimum atomic E-state index is 0.564. The van der Waals surface area contributed by atoms with E-state index < -0.39 is 0 Å². The zero-order chi connectivity index (χ0) is 15.0. The van der Waals surface area contributed by atoms with Crippen LogP contribution in [-0.2, 0) is 13.0 Å². The van der Waals surface area contributed by atoms with E-state index in [9.17, 15) is 0 Å². The normalized spacial score (nSPS) is 12.8. The molecule has 4 heteroatoms. The Kier molecular flexibility index (Phi) is 8.46. The standard InChI is InChI=1S/C16H30BrN3/c1-5-8-9-10-11-14(18-6-2)12-15-16(17)13(4)19-20(15)7-3/h14,18H,5-12H2,1-4H3. The molecule has 20 heavy (non-hydrogen) atoms. The number of aryl methyl sites for hydroxylation is 2. The van der Waals surface area contributed by atoms with Gasteiger partial charge in [0, 0.05) is 19.0 Å². The average molecular weight is 344 g/mol. The van der Waals surface area contributed by atoms with E-state index in [0.29, 0.717) is 6.04 Å². The zero-order valence-corrected chi connectivity index (χ0v) is 15.1. The maximum atomic E-state index is 4.59. The van der Waals surface area contributed by atoms with Gasteiger partial charge in [0.2, 0.25) is 0 Å². The number of hydrogen-bond donors (Lipinski definition) is 1. The summed E-state index contributed by atoms with van der Waals surface area (Å²) in [4.78, 5) is 0. The van der Waals surface area contributed by atoms with Crippen LogP contribution in [0.15, 0.2) is 4.47 Å². The summed E-state index contributed by atoms with van der Waals surface area (Å²) in [6.45, 7) is 10.7. The van der Waals surface area contributed by atoms with Crippen molar-refractivity contribution in [2.24, 2.45) is 0 Å². The van der Waals surface area contributed by atoms with E-state index in [4.69, 9.17) is 0 Å². The first kappa shape index (κ1) is 17.7. The van der Waals surface area contributed by atoms with Crippen LogP contribution in [0.1, 0.15) is 64.3 Å². The van der Waals surface area contributed by atoms with E-state index in [1.165, 1.54) is 42.3 Å². The Morgan fingerprint density at radius 2 is 1.95 bits per heavy atom. The van der Waals surface area contributed by atoms with Gasteiger partial charge in [0.05, 0.1) is 15.9 Å². The van der Waals surface area contributed by atoms with Gasteiger partial charge in [-0.25, -0.2) is 0 Å². The first-order valence-electron chi connectivity index (χ1n) is 8.09. The molecule has 116 valence electrons. The van der Waals surface area contributed by atoms with Crippen molar-refractivity contribution in [1.29, 1.82) is 0 Å². The molecule has 0 aliphatic rings. The fraction of sp³-hybridized carbons (Fsp3) is 0.812. The number of nitrogens with one attached hydrogen (secondary N) is 1. The largest absolute Gasteiger partial charge is 0.314 e. The van der Waals surface area contributed by atoms with E-state index >= 15 is 0 Å². The van der Waals surface area contributed by atoms with Crippen LogP contribution in [0.2, 0.25) is 0 Å². The number of rotatable bonds is 10. The molecule has 0 radical (unpaired) electrons. The van der Waals surface area contributed by atoms with Crippen molar-refractivity contribution in [2.75, 3.05) is 6.54 Å². The molecule has 0 aliphatic heterocycles. The van der Waals surface area contributed by atoms with Gasteiger partial charge >= 0.3 is 0 Å². The van der Waals surface area contributed by atoms with Crippen LogP contribution < -0.4 is 5.32 Å². The van der Waals surface area contributed by atoms with Gasteiger partial charge in [0.1, 0.15) is 0 Å². The topological polar surface area (TPSA) is 29.9 Å². The summed E-state index contributed by atoms with van der Waals surface area (Å²) >= 11 is 3.70. The highest BCUT2D eigenvalue weighted by atomic mass is 79.9.